The van der Waals surface area contributed by atoms with Gasteiger partial charge in [0.15, 0.2) is 9.84 Å². The Bertz CT molecular complexity index is 1730. The Morgan fingerprint density at radius 1 is 0.804 bits per heavy atom. The highest BCUT2D eigenvalue weighted by Gasteiger charge is 2.72. The third kappa shape index (κ3) is 5.36. The Morgan fingerprint density at radius 3 is 2.14 bits per heavy atom. The van der Waals surface area contributed by atoms with Crippen molar-refractivity contribution < 1.29 is 23.1 Å². The quantitative estimate of drug-likeness (QED) is 0.311. The number of allylic oxidation sites excluding steroid dienone is 2. The van der Waals surface area contributed by atoms with Crippen LogP contribution >= 0.6 is 0 Å². The third-order valence-corrected chi connectivity index (χ3v) is 19.2. The first-order chi connectivity index (χ1) is 23.9. The number of nitrogens with zero attached hydrogens (tertiary/aromatic N) is 1. The predicted octanol–water partition coefficient (Wildman–Crippen LogP) is 7.86. The fourth-order valence-electron chi connectivity index (χ4n) is 14.5. The number of aromatic carboxylic acids is 1. The molecule has 280 valence electrons. The van der Waals surface area contributed by atoms with Crippen LogP contribution in [0.15, 0.2) is 30.3 Å². The van der Waals surface area contributed by atoms with Crippen LogP contribution in [0.3, 0.4) is 0 Å². The second-order valence-electron chi connectivity index (χ2n) is 20.1. The Balaban J connectivity index is 1.08. The lowest BCUT2D eigenvalue weighted by molar-refractivity contribution is -0.222. The standard InChI is InChI=1S/C43H62N2O5S/c1-38(2)30(28-7-9-29(10-8-28)37(47)48)13-16-40(4)33(38)15-17-42(6)34(40)12-11-32-36-31(39(3)19-20-39)14-18-43(36,22-21-41(32,42)5)44-35(46)27-45-23-25-51(49,50)26-24-45/h7-10,13,31-34,36H,11-12,14-27H2,1-6H3,(H,44,46)(H,47,48)/t31-,32-,33+,34-,36?,40+,41-,42-,43+/m1/s1. The number of rotatable bonds is 6. The number of nitrogens with one attached hydrogen (secondary N) is 1. The minimum absolute atomic E-state index is 0.0154. The molecule has 1 amide bonds. The van der Waals surface area contributed by atoms with E-state index >= 15 is 0 Å². The van der Waals surface area contributed by atoms with Gasteiger partial charge in [-0.1, -0.05) is 59.8 Å². The Labute approximate surface area is 306 Å². The highest BCUT2D eigenvalue weighted by atomic mass is 32.2. The highest BCUT2D eigenvalue weighted by Crippen LogP contribution is 2.78. The summed E-state index contributed by atoms with van der Waals surface area (Å²) in [5.74, 6) is 2.46. The minimum Gasteiger partial charge on any atom is -0.478 e. The molecule has 0 bridgehead atoms. The molecule has 8 rings (SSSR count). The third-order valence-electron chi connectivity index (χ3n) is 17.6. The molecule has 8 heteroatoms. The van der Waals surface area contributed by atoms with Gasteiger partial charge in [0.05, 0.1) is 23.6 Å². The fourth-order valence-corrected chi connectivity index (χ4v) is 15.8. The number of carboxylic acids is 1. The van der Waals surface area contributed by atoms with Gasteiger partial charge in [0.2, 0.25) is 5.91 Å². The van der Waals surface area contributed by atoms with E-state index in [2.05, 4.69) is 52.9 Å². The molecule has 0 spiro atoms. The number of fused-ring (bicyclic) bond motifs is 7. The number of carbonyl (C=O) groups excluding carboxylic acids is 1. The van der Waals surface area contributed by atoms with Gasteiger partial charge in [-0.3, -0.25) is 9.69 Å². The summed E-state index contributed by atoms with van der Waals surface area (Å²) in [6.07, 6.45) is 15.7. The van der Waals surface area contributed by atoms with Crippen molar-refractivity contribution >= 4 is 27.3 Å². The molecule has 1 aromatic carbocycles. The maximum Gasteiger partial charge on any atom is 0.335 e. The normalized spacial score (nSPS) is 43.4. The number of amides is 1. The van der Waals surface area contributed by atoms with Crippen LogP contribution in [0.4, 0.5) is 0 Å². The van der Waals surface area contributed by atoms with Crippen LogP contribution in [-0.2, 0) is 14.6 Å². The van der Waals surface area contributed by atoms with E-state index in [0.29, 0.717) is 60.2 Å². The largest absolute Gasteiger partial charge is 0.478 e. The molecule has 5 saturated carbocycles. The Hall–Kier alpha value is -2.19. The average molecular weight is 719 g/mol. The summed E-state index contributed by atoms with van der Waals surface area (Å²) in [7, 11) is -2.98. The van der Waals surface area contributed by atoms with Gasteiger partial charge in [-0.2, -0.15) is 0 Å². The summed E-state index contributed by atoms with van der Waals surface area (Å²) in [6, 6.07) is 7.54. The SMILES string of the molecule is CC1([C@@H]2CC[C@]3(NC(=O)CN4CCS(=O)(=O)CC4)CC[C@]4(C)[C@H](CC[C@@H]5[C@@]6(C)CC=C(c7ccc(C(=O)O)cc7)C(C)(C)[C@@H]6CC[C@]54C)C23)CC1. The molecule has 1 heterocycles. The van der Waals surface area contributed by atoms with E-state index in [1.807, 2.05) is 17.0 Å². The molecule has 7 nitrogen and oxygen atoms in total. The molecule has 1 saturated heterocycles. The van der Waals surface area contributed by atoms with Gasteiger partial charge in [-0.15, -0.1) is 0 Å². The minimum atomic E-state index is -2.98. The first kappa shape index (κ1) is 35.8. The lowest BCUT2D eigenvalue weighted by Gasteiger charge is -2.72. The summed E-state index contributed by atoms with van der Waals surface area (Å²) in [5.41, 5.74) is 3.73. The van der Waals surface area contributed by atoms with Gasteiger partial charge in [0.25, 0.3) is 0 Å². The van der Waals surface area contributed by atoms with E-state index in [1.54, 1.807) is 12.1 Å². The van der Waals surface area contributed by atoms with Crippen molar-refractivity contribution in [1.82, 2.24) is 10.2 Å². The van der Waals surface area contributed by atoms with Crippen molar-refractivity contribution in [3.05, 3.63) is 41.5 Å². The lowest BCUT2D eigenvalue weighted by atomic mass is 9.32. The van der Waals surface area contributed by atoms with Crippen molar-refractivity contribution in [2.45, 2.75) is 118 Å². The smallest absolute Gasteiger partial charge is 0.335 e. The van der Waals surface area contributed by atoms with Gasteiger partial charge in [-0.25, -0.2) is 13.2 Å². The van der Waals surface area contributed by atoms with E-state index in [0.717, 1.165) is 31.2 Å². The molecular formula is C43H62N2O5S. The summed E-state index contributed by atoms with van der Waals surface area (Å²) in [6.45, 7) is 16.6. The molecule has 51 heavy (non-hydrogen) atoms. The van der Waals surface area contributed by atoms with Crippen LogP contribution in [0.2, 0.25) is 0 Å². The summed E-state index contributed by atoms with van der Waals surface area (Å²) in [4.78, 5) is 27.5. The van der Waals surface area contributed by atoms with Crippen LogP contribution in [0, 0.1) is 56.7 Å². The van der Waals surface area contributed by atoms with Crippen molar-refractivity contribution in [3.8, 4) is 0 Å². The summed E-state index contributed by atoms with van der Waals surface area (Å²) < 4.78 is 24.1. The molecule has 9 atom stereocenters. The molecule has 0 radical (unpaired) electrons. The molecule has 1 unspecified atom stereocenters. The van der Waals surface area contributed by atoms with Crippen molar-refractivity contribution in [1.29, 1.82) is 0 Å². The molecule has 0 aromatic heterocycles. The number of hydrogen-bond donors (Lipinski definition) is 2. The van der Waals surface area contributed by atoms with E-state index in [1.165, 1.54) is 50.5 Å². The molecule has 1 aliphatic heterocycles. The van der Waals surface area contributed by atoms with Crippen molar-refractivity contribution in [2.75, 3.05) is 31.1 Å². The van der Waals surface area contributed by atoms with Crippen LogP contribution in [-0.4, -0.2) is 67.0 Å². The second kappa shape index (κ2) is 11.7. The zero-order valence-electron chi connectivity index (χ0n) is 32.0. The molecule has 7 aliphatic rings. The predicted molar refractivity (Wildman–Crippen MR) is 202 cm³/mol. The maximum atomic E-state index is 13.9. The highest BCUT2D eigenvalue weighted by molar-refractivity contribution is 7.91. The topological polar surface area (TPSA) is 104 Å². The lowest BCUT2D eigenvalue weighted by Crippen LogP contribution is -2.68. The zero-order valence-corrected chi connectivity index (χ0v) is 32.8. The van der Waals surface area contributed by atoms with Crippen LogP contribution in [0.25, 0.3) is 5.57 Å². The van der Waals surface area contributed by atoms with Gasteiger partial charge < -0.3 is 10.4 Å². The molecule has 1 aromatic rings. The maximum absolute atomic E-state index is 13.9. The van der Waals surface area contributed by atoms with Crippen LogP contribution in [0.1, 0.15) is 128 Å². The van der Waals surface area contributed by atoms with Gasteiger partial charge >= 0.3 is 5.97 Å². The van der Waals surface area contributed by atoms with Crippen molar-refractivity contribution in [2.24, 2.45) is 56.7 Å². The first-order valence-electron chi connectivity index (χ1n) is 20.2. The number of sulfone groups is 1. The van der Waals surface area contributed by atoms with Gasteiger partial charge in [0, 0.05) is 18.6 Å². The Kier molecular flexibility index (Phi) is 8.19. The molecule has 6 aliphatic carbocycles. The van der Waals surface area contributed by atoms with Gasteiger partial charge in [-0.05, 0) is 151 Å². The first-order valence-corrected chi connectivity index (χ1v) is 22.0. The van der Waals surface area contributed by atoms with E-state index in [9.17, 15) is 23.1 Å². The molecule has 6 fully saturated rings. The molecule has 2 N–H and O–H groups in total. The number of carbonyl (C=O) groups is 2. The zero-order chi connectivity index (χ0) is 36.4. The van der Waals surface area contributed by atoms with E-state index < -0.39 is 15.8 Å². The average Bonchev–Trinajstić information content (AvgIpc) is 3.69. The Morgan fingerprint density at radius 2 is 1.49 bits per heavy atom. The number of benzene rings is 1. The van der Waals surface area contributed by atoms with Crippen LogP contribution < -0.4 is 5.32 Å². The molecular weight excluding hydrogens is 657 g/mol. The van der Waals surface area contributed by atoms with E-state index in [-0.39, 0.29) is 44.6 Å². The summed E-state index contributed by atoms with van der Waals surface area (Å²) >= 11 is 0. The fraction of sp³-hybridized carbons (Fsp3) is 0.767. The number of carboxylic acid groups (broad SMARTS) is 1. The monoisotopic (exact) mass is 718 g/mol. The van der Waals surface area contributed by atoms with Crippen LogP contribution in [0.5, 0.6) is 0 Å². The second-order valence-corrected chi connectivity index (χ2v) is 22.4. The van der Waals surface area contributed by atoms with E-state index in [4.69, 9.17) is 0 Å². The number of hydrogen-bond acceptors (Lipinski definition) is 5. The summed E-state index contributed by atoms with van der Waals surface area (Å²) in [5, 5.41) is 13.2. The van der Waals surface area contributed by atoms with Crippen molar-refractivity contribution in [3.63, 3.8) is 0 Å². The van der Waals surface area contributed by atoms with Gasteiger partial charge in [0.1, 0.15) is 0 Å².